The Morgan fingerprint density at radius 2 is 1.85 bits per heavy atom. The van der Waals surface area contributed by atoms with E-state index in [-0.39, 0.29) is 41.6 Å². The fourth-order valence-electron chi connectivity index (χ4n) is 2.77. The maximum absolute atomic E-state index is 11.4. The predicted octanol–water partition coefficient (Wildman–Crippen LogP) is 1.34. The number of rotatable bonds is 10. The summed E-state index contributed by atoms with van der Waals surface area (Å²) in [6.07, 6.45) is 1.15. The molecule has 0 aliphatic carbocycles. The number of hydrogen-bond acceptors (Lipinski definition) is 5. The first-order valence-electron chi connectivity index (χ1n) is 9.44. The van der Waals surface area contributed by atoms with Gasteiger partial charge in [-0.2, -0.15) is 0 Å². The first-order chi connectivity index (χ1) is 11.9. The molecule has 0 spiro atoms. The quantitative estimate of drug-likeness (QED) is 0.266. The van der Waals surface area contributed by atoms with E-state index in [4.69, 9.17) is 4.74 Å². The predicted molar refractivity (Wildman–Crippen MR) is 119 cm³/mol. The molecule has 9 heteroatoms. The van der Waals surface area contributed by atoms with E-state index in [9.17, 15) is 8.42 Å². The van der Waals surface area contributed by atoms with Crippen molar-refractivity contribution in [2.75, 3.05) is 57.4 Å². The van der Waals surface area contributed by atoms with Gasteiger partial charge in [-0.05, 0) is 26.2 Å². The van der Waals surface area contributed by atoms with Gasteiger partial charge in [0.1, 0.15) is 0 Å². The maximum Gasteiger partial charge on any atom is 0.191 e. The Kier molecular flexibility index (Phi) is 13.9. The van der Waals surface area contributed by atoms with Crippen molar-refractivity contribution in [2.45, 2.75) is 40.2 Å². The van der Waals surface area contributed by atoms with Crippen LogP contribution in [0.4, 0.5) is 0 Å². The van der Waals surface area contributed by atoms with Crippen molar-refractivity contribution in [1.29, 1.82) is 0 Å². The number of sulfone groups is 1. The van der Waals surface area contributed by atoms with Gasteiger partial charge in [-0.1, -0.05) is 13.8 Å². The summed E-state index contributed by atoms with van der Waals surface area (Å²) < 4.78 is 28.7. The lowest BCUT2D eigenvalue weighted by molar-refractivity contribution is 0.0266. The van der Waals surface area contributed by atoms with E-state index < -0.39 is 9.84 Å². The number of nitrogens with one attached hydrogen (secondary N) is 2. The molecule has 0 amide bonds. The van der Waals surface area contributed by atoms with Gasteiger partial charge in [-0.15, -0.1) is 24.0 Å². The monoisotopic (exact) mass is 504 g/mol. The van der Waals surface area contributed by atoms with Crippen molar-refractivity contribution in [3.63, 3.8) is 0 Å². The normalized spacial score (nSPS) is 19.0. The van der Waals surface area contributed by atoms with Crippen LogP contribution in [0.2, 0.25) is 0 Å². The van der Waals surface area contributed by atoms with Gasteiger partial charge >= 0.3 is 0 Å². The number of nitrogens with zero attached hydrogens (tertiary/aromatic N) is 2. The first-order valence-corrected chi connectivity index (χ1v) is 11.3. The minimum atomic E-state index is -2.81. The molecule has 1 saturated heterocycles. The Morgan fingerprint density at radius 1 is 1.19 bits per heavy atom. The molecule has 0 radical (unpaired) electrons. The summed E-state index contributed by atoms with van der Waals surface area (Å²) >= 11 is 0. The van der Waals surface area contributed by atoms with Crippen LogP contribution >= 0.6 is 24.0 Å². The molecule has 1 atom stereocenters. The van der Waals surface area contributed by atoms with E-state index in [1.807, 2.05) is 13.8 Å². The van der Waals surface area contributed by atoms with Crippen molar-refractivity contribution in [3.8, 4) is 0 Å². The summed E-state index contributed by atoms with van der Waals surface area (Å²) in [4.78, 5) is 6.81. The summed E-state index contributed by atoms with van der Waals surface area (Å²) in [5.74, 6) is 1.84. The third kappa shape index (κ3) is 10.9. The molecule has 7 nitrogen and oxygen atoms in total. The van der Waals surface area contributed by atoms with Gasteiger partial charge in [0, 0.05) is 45.9 Å². The second-order valence-corrected chi connectivity index (χ2v) is 9.01. The molecular formula is C17H37IN4O3S. The number of aliphatic imine (C=N–C) groups is 1. The Bertz CT molecular complexity index is 486. The SMILES string of the molecule is CCNC(=NCCC(OCC)C(C)C)NCCN1CCS(=O)(=O)CC1.I. The highest BCUT2D eigenvalue weighted by Crippen LogP contribution is 2.10. The lowest BCUT2D eigenvalue weighted by Gasteiger charge is -2.26. The minimum Gasteiger partial charge on any atom is -0.378 e. The fraction of sp³-hybridized carbons (Fsp3) is 0.941. The second-order valence-electron chi connectivity index (χ2n) is 6.71. The molecule has 2 N–H and O–H groups in total. The standard InChI is InChI=1S/C17H36N4O3S.HI/c1-5-18-17(19-8-7-16(15(3)4)24-6-2)20-9-10-21-11-13-25(22,23)14-12-21;/h15-16H,5-14H2,1-4H3,(H2,18,19,20);1H. The van der Waals surface area contributed by atoms with Crippen molar-refractivity contribution >= 4 is 39.8 Å². The molecule has 0 aromatic rings. The van der Waals surface area contributed by atoms with Gasteiger partial charge in [0.05, 0.1) is 17.6 Å². The van der Waals surface area contributed by atoms with Crippen LogP contribution in [0.5, 0.6) is 0 Å². The number of hydrogen-bond donors (Lipinski definition) is 2. The summed E-state index contributed by atoms with van der Waals surface area (Å²) in [5, 5.41) is 6.58. The average Bonchev–Trinajstić information content (AvgIpc) is 2.55. The van der Waals surface area contributed by atoms with Gasteiger partial charge in [0.2, 0.25) is 0 Å². The summed E-state index contributed by atoms with van der Waals surface area (Å²) in [7, 11) is -2.81. The van der Waals surface area contributed by atoms with Crippen LogP contribution in [0.1, 0.15) is 34.1 Å². The molecule has 1 rings (SSSR count). The Hall–Kier alpha value is -0.130. The van der Waals surface area contributed by atoms with E-state index in [1.165, 1.54) is 0 Å². The van der Waals surface area contributed by atoms with Gasteiger partial charge in [0.15, 0.2) is 15.8 Å². The third-order valence-electron chi connectivity index (χ3n) is 4.31. The lowest BCUT2D eigenvalue weighted by atomic mass is 10.0. The molecule has 1 heterocycles. The summed E-state index contributed by atoms with van der Waals surface area (Å²) in [6.45, 7) is 13.5. The number of halogens is 1. The van der Waals surface area contributed by atoms with Gasteiger partial charge in [0.25, 0.3) is 0 Å². The average molecular weight is 504 g/mol. The van der Waals surface area contributed by atoms with E-state index in [0.717, 1.165) is 45.2 Å². The molecule has 0 aromatic heterocycles. The zero-order valence-electron chi connectivity index (χ0n) is 16.7. The number of guanidine groups is 1. The fourth-order valence-corrected chi connectivity index (χ4v) is 4.05. The molecule has 1 fully saturated rings. The molecule has 0 aromatic carbocycles. The van der Waals surface area contributed by atoms with Crippen LogP contribution in [0.15, 0.2) is 4.99 Å². The Morgan fingerprint density at radius 3 is 2.38 bits per heavy atom. The maximum atomic E-state index is 11.4. The largest absolute Gasteiger partial charge is 0.378 e. The van der Waals surface area contributed by atoms with Crippen LogP contribution < -0.4 is 10.6 Å². The Labute approximate surface area is 176 Å². The molecule has 156 valence electrons. The van der Waals surface area contributed by atoms with Crippen molar-refractivity contribution in [1.82, 2.24) is 15.5 Å². The van der Waals surface area contributed by atoms with Crippen molar-refractivity contribution in [2.24, 2.45) is 10.9 Å². The van der Waals surface area contributed by atoms with E-state index in [1.54, 1.807) is 0 Å². The molecule has 1 aliphatic rings. The van der Waals surface area contributed by atoms with Gasteiger partial charge in [-0.25, -0.2) is 8.42 Å². The van der Waals surface area contributed by atoms with Crippen LogP contribution in [0, 0.1) is 5.92 Å². The highest BCUT2D eigenvalue weighted by molar-refractivity contribution is 14.0. The van der Waals surface area contributed by atoms with Crippen molar-refractivity contribution in [3.05, 3.63) is 0 Å². The molecular weight excluding hydrogens is 467 g/mol. The molecule has 0 saturated carbocycles. The highest BCUT2D eigenvalue weighted by atomic mass is 127. The molecule has 26 heavy (non-hydrogen) atoms. The molecule has 1 unspecified atom stereocenters. The summed E-state index contributed by atoms with van der Waals surface area (Å²) in [5.41, 5.74) is 0. The third-order valence-corrected chi connectivity index (χ3v) is 5.92. The van der Waals surface area contributed by atoms with Gasteiger partial charge < -0.3 is 15.4 Å². The zero-order valence-corrected chi connectivity index (χ0v) is 19.8. The lowest BCUT2D eigenvalue weighted by Crippen LogP contribution is -2.46. The zero-order chi connectivity index (χ0) is 18.7. The Balaban J connectivity index is 0.00000625. The number of ether oxygens (including phenoxy) is 1. The summed E-state index contributed by atoms with van der Waals surface area (Å²) in [6, 6.07) is 0. The van der Waals surface area contributed by atoms with Crippen LogP contribution in [-0.4, -0.2) is 82.8 Å². The highest BCUT2D eigenvalue weighted by Gasteiger charge is 2.21. The minimum absolute atomic E-state index is 0. The second kappa shape index (κ2) is 14.0. The van der Waals surface area contributed by atoms with Gasteiger partial charge in [-0.3, -0.25) is 9.89 Å². The van der Waals surface area contributed by atoms with Crippen molar-refractivity contribution < 1.29 is 13.2 Å². The smallest absolute Gasteiger partial charge is 0.191 e. The van der Waals surface area contributed by atoms with E-state index in [2.05, 4.69) is 34.4 Å². The van der Waals surface area contributed by atoms with Crippen LogP contribution in [0.25, 0.3) is 0 Å². The molecule has 0 bridgehead atoms. The first kappa shape index (κ1) is 25.9. The van der Waals surface area contributed by atoms with E-state index >= 15 is 0 Å². The topological polar surface area (TPSA) is 83.0 Å². The van der Waals surface area contributed by atoms with Crippen LogP contribution in [0.3, 0.4) is 0 Å². The molecule has 1 aliphatic heterocycles. The van der Waals surface area contributed by atoms with Crippen LogP contribution in [-0.2, 0) is 14.6 Å². The van der Waals surface area contributed by atoms with E-state index in [0.29, 0.717) is 19.0 Å².